The summed E-state index contributed by atoms with van der Waals surface area (Å²) in [6, 6.07) is 16.2. The second kappa shape index (κ2) is 8.31. The molecule has 3 aromatic rings. The van der Waals surface area contributed by atoms with E-state index in [1.165, 1.54) is 4.90 Å². The van der Waals surface area contributed by atoms with Gasteiger partial charge in [0.25, 0.3) is 5.91 Å². The number of benzene rings is 2. The number of amides is 2. The fraction of sp³-hybridized carbons (Fsp3) is 0.182. The summed E-state index contributed by atoms with van der Waals surface area (Å²) in [6.45, 7) is 3.85. The Labute approximate surface area is 168 Å². The molecule has 0 saturated heterocycles. The second-order valence-electron chi connectivity index (χ2n) is 6.63. The van der Waals surface area contributed by atoms with Gasteiger partial charge in [0.05, 0.1) is 6.54 Å². The number of furan rings is 1. The highest BCUT2D eigenvalue weighted by Crippen LogP contribution is 2.24. The molecule has 0 aliphatic heterocycles. The minimum absolute atomic E-state index is 0.0802. The molecule has 0 unspecified atom stereocenters. The van der Waals surface area contributed by atoms with Crippen LogP contribution in [-0.4, -0.2) is 30.3 Å². The Hall–Kier alpha value is -3.05. The highest BCUT2D eigenvalue weighted by Gasteiger charge is 2.19. The number of nitrogens with zero attached hydrogens (tertiary/aromatic N) is 1. The second-order valence-corrected chi connectivity index (χ2v) is 7.06. The molecule has 0 bridgehead atoms. The van der Waals surface area contributed by atoms with Gasteiger partial charge >= 0.3 is 0 Å². The summed E-state index contributed by atoms with van der Waals surface area (Å²) in [6.07, 6.45) is 0. The van der Waals surface area contributed by atoms with Gasteiger partial charge in [0.2, 0.25) is 5.91 Å². The van der Waals surface area contributed by atoms with E-state index in [9.17, 15) is 9.59 Å². The van der Waals surface area contributed by atoms with Crippen LogP contribution in [0.2, 0.25) is 5.02 Å². The summed E-state index contributed by atoms with van der Waals surface area (Å²) in [5.41, 5.74) is 3.66. The van der Waals surface area contributed by atoms with Crippen LogP contribution in [0.25, 0.3) is 11.3 Å². The molecular weight excluding hydrogens is 376 g/mol. The van der Waals surface area contributed by atoms with Crippen LogP contribution >= 0.6 is 11.6 Å². The van der Waals surface area contributed by atoms with Gasteiger partial charge in [-0.05, 0) is 67.4 Å². The van der Waals surface area contributed by atoms with Crippen LogP contribution in [0.3, 0.4) is 0 Å². The molecule has 144 valence electrons. The molecule has 2 aromatic carbocycles. The van der Waals surface area contributed by atoms with Crippen LogP contribution in [0.1, 0.15) is 21.7 Å². The van der Waals surface area contributed by atoms with E-state index in [1.54, 1.807) is 31.3 Å². The number of rotatable bonds is 5. The fourth-order valence-corrected chi connectivity index (χ4v) is 2.90. The largest absolute Gasteiger partial charge is 0.451 e. The summed E-state index contributed by atoms with van der Waals surface area (Å²) in [7, 11) is 1.56. The highest BCUT2D eigenvalue weighted by molar-refractivity contribution is 6.30. The Morgan fingerprint density at radius 2 is 1.75 bits per heavy atom. The van der Waals surface area contributed by atoms with Gasteiger partial charge < -0.3 is 14.6 Å². The van der Waals surface area contributed by atoms with Gasteiger partial charge in [-0.25, -0.2) is 0 Å². The quantitative estimate of drug-likeness (QED) is 0.665. The summed E-state index contributed by atoms with van der Waals surface area (Å²) in [5.74, 6) is 0.102. The van der Waals surface area contributed by atoms with Crippen molar-refractivity contribution in [3.05, 3.63) is 76.5 Å². The van der Waals surface area contributed by atoms with E-state index in [0.29, 0.717) is 10.8 Å². The van der Waals surface area contributed by atoms with Crippen molar-refractivity contribution in [2.75, 3.05) is 18.9 Å². The number of carbonyl (C=O) groups is 2. The number of aryl methyl sites for hydroxylation is 1. The summed E-state index contributed by atoms with van der Waals surface area (Å²) >= 11 is 5.89. The van der Waals surface area contributed by atoms with Crippen molar-refractivity contribution in [2.24, 2.45) is 0 Å². The summed E-state index contributed by atoms with van der Waals surface area (Å²) in [4.78, 5) is 26.2. The molecule has 0 aliphatic rings. The molecule has 0 atom stereocenters. The third-order valence-electron chi connectivity index (χ3n) is 4.55. The van der Waals surface area contributed by atoms with Crippen LogP contribution < -0.4 is 5.32 Å². The van der Waals surface area contributed by atoms with E-state index in [2.05, 4.69) is 5.32 Å². The predicted octanol–water partition coefficient (Wildman–Crippen LogP) is 4.93. The first-order valence-electron chi connectivity index (χ1n) is 8.82. The van der Waals surface area contributed by atoms with E-state index in [-0.39, 0.29) is 24.1 Å². The van der Waals surface area contributed by atoms with Gasteiger partial charge in [0, 0.05) is 23.3 Å². The van der Waals surface area contributed by atoms with E-state index < -0.39 is 0 Å². The molecule has 28 heavy (non-hydrogen) atoms. The molecule has 0 fully saturated rings. The van der Waals surface area contributed by atoms with Crippen LogP contribution in [0.5, 0.6) is 0 Å². The van der Waals surface area contributed by atoms with E-state index in [4.69, 9.17) is 16.0 Å². The average molecular weight is 397 g/mol. The summed E-state index contributed by atoms with van der Waals surface area (Å²) in [5, 5.41) is 3.47. The first-order valence-corrected chi connectivity index (χ1v) is 9.20. The molecule has 2 amide bonds. The van der Waals surface area contributed by atoms with E-state index in [1.807, 2.05) is 44.2 Å². The van der Waals surface area contributed by atoms with Gasteiger partial charge in [0.1, 0.15) is 5.76 Å². The third-order valence-corrected chi connectivity index (χ3v) is 4.80. The van der Waals surface area contributed by atoms with E-state index in [0.717, 1.165) is 22.4 Å². The van der Waals surface area contributed by atoms with Gasteiger partial charge in [0.15, 0.2) is 5.76 Å². The number of carbonyl (C=O) groups excluding carboxylic acids is 2. The Bertz CT molecular complexity index is 1010. The molecule has 3 rings (SSSR count). The Kier molecular flexibility index (Phi) is 5.85. The van der Waals surface area contributed by atoms with Crippen molar-refractivity contribution in [1.82, 2.24) is 4.90 Å². The van der Waals surface area contributed by atoms with Gasteiger partial charge in [-0.15, -0.1) is 0 Å². The monoisotopic (exact) mass is 396 g/mol. The van der Waals surface area contributed by atoms with Crippen LogP contribution in [0, 0.1) is 13.8 Å². The maximum Gasteiger partial charge on any atom is 0.289 e. The Morgan fingerprint density at radius 1 is 1.04 bits per heavy atom. The molecule has 0 spiro atoms. The van der Waals surface area contributed by atoms with Crippen molar-refractivity contribution in [3.8, 4) is 11.3 Å². The molecule has 1 heterocycles. The van der Waals surface area contributed by atoms with Gasteiger partial charge in [-0.2, -0.15) is 0 Å². The van der Waals surface area contributed by atoms with Crippen LogP contribution in [0.4, 0.5) is 5.69 Å². The lowest BCUT2D eigenvalue weighted by Gasteiger charge is -2.16. The normalized spacial score (nSPS) is 10.6. The zero-order valence-corrected chi connectivity index (χ0v) is 16.7. The molecule has 1 N–H and O–H groups in total. The molecular formula is C22H21ClN2O3. The predicted molar refractivity (Wildman–Crippen MR) is 111 cm³/mol. The molecule has 5 nitrogen and oxygen atoms in total. The van der Waals surface area contributed by atoms with E-state index >= 15 is 0 Å². The fourth-order valence-electron chi connectivity index (χ4n) is 2.77. The Morgan fingerprint density at radius 3 is 2.46 bits per heavy atom. The zero-order valence-electron chi connectivity index (χ0n) is 16.0. The SMILES string of the molecule is Cc1cccc(NC(=O)CN(C)C(=O)c2ccc(-c3ccc(Cl)cc3)o2)c1C. The van der Waals surface area contributed by atoms with Crippen molar-refractivity contribution < 1.29 is 14.0 Å². The van der Waals surface area contributed by atoms with Gasteiger partial charge in [-0.3, -0.25) is 9.59 Å². The molecule has 0 saturated carbocycles. The number of likely N-dealkylation sites (N-methyl/N-ethyl adjacent to an activating group) is 1. The number of hydrogen-bond acceptors (Lipinski definition) is 3. The number of anilines is 1. The third kappa shape index (κ3) is 4.43. The number of halogens is 1. The minimum atomic E-state index is -0.365. The van der Waals surface area contributed by atoms with Crippen molar-refractivity contribution in [3.63, 3.8) is 0 Å². The lowest BCUT2D eigenvalue weighted by Crippen LogP contribution is -2.34. The maximum absolute atomic E-state index is 12.6. The topological polar surface area (TPSA) is 62.6 Å². The number of hydrogen-bond donors (Lipinski definition) is 1. The standard InChI is InChI=1S/C22H21ClN2O3/c1-14-5-4-6-18(15(14)2)24-21(26)13-25(3)22(27)20-12-11-19(28-20)16-7-9-17(23)10-8-16/h4-12H,13H2,1-3H3,(H,24,26). The minimum Gasteiger partial charge on any atom is -0.451 e. The zero-order chi connectivity index (χ0) is 20.3. The van der Waals surface area contributed by atoms with Crippen LogP contribution in [-0.2, 0) is 4.79 Å². The first-order chi connectivity index (χ1) is 13.3. The van der Waals surface area contributed by atoms with Gasteiger partial charge in [-0.1, -0.05) is 23.7 Å². The molecule has 0 aliphatic carbocycles. The molecule has 0 radical (unpaired) electrons. The van der Waals surface area contributed by atoms with Crippen LogP contribution in [0.15, 0.2) is 59.0 Å². The Balaban J connectivity index is 1.65. The lowest BCUT2D eigenvalue weighted by atomic mass is 10.1. The first kappa shape index (κ1) is 19.7. The lowest BCUT2D eigenvalue weighted by molar-refractivity contribution is -0.116. The van der Waals surface area contributed by atoms with Crippen molar-refractivity contribution >= 4 is 29.1 Å². The smallest absolute Gasteiger partial charge is 0.289 e. The highest BCUT2D eigenvalue weighted by atomic mass is 35.5. The van der Waals surface area contributed by atoms with Crippen molar-refractivity contribution in [2.45, 2.75) is 13.8 Å². The number of nitrogens with one attached hydrogen (secondary N) is 1. The molecule has 1 aromatic heterocycles. The maximum atomic E-state index is 12.6. The average Bonchev–Trinajstić information content (AvgIpc) is 3.15. The summed E-state index contributed by atoms with van der Waals surface area (Å²) < 4.78 is 5.66. The molecule has 6 heteroatoms. The van der Waals surface area contributed by atoms with Crippen molar-refractivity contribution in [1.29, 1.82) is 0 Å².